The fourth-order valence-electron chi connectivity index (χ4n) is 1.78. The van der Waals surface area contributed by atoms with Crippen molar-refractivity contribution in [2.75, 3.05) is 53.0 Å². The van der Waals surface area contributed by atoms with Crippen molar-refractivity contribution in [3.63, 3.8) is 0 Å². The third-order valence-electron chi connectivity index (χ3n) is 3.03. The third kappa shape index (κ3) is 5.48. The number of likely N-dealkylation sites (N-methyl/N-ethyl adjacent to an activating group) is 1. The van der Waals surface area contributed by atoms with E-state index in [1.54, 1.807) is 0 Å². The molecule has 0 aromatic rings. The van der Waals surface area contributed by atoms with Crippen molar-refractivity contribution in [3.05, 3.63) is 0 Å². The van der Waals surface area contributed by atoms with Crippen LogP contribution in [0.5, 0.6) is 0 Å². The van der Waals surface area contributed by atoms with Crippen LogP contribution in [0.3, 0.4) is 0 Å². The van der Waals surface area contributed by atoms with Gasteiger partial charge in [0.2, 0.25) is 5.91 Å². The second-order valence-corrected chi connectivity index (χ2v) is 4.63. The molecule has 1 aliphatic heterocycles. The van der Waals surface area contributed by atoms with E-state index in [4.69, 9.17) is 4.74 Å². The van der Waals surface area contributed by atoms with Crippen LogP contribution in [0.4, 0.5) is 0 Å². The van der Waals surface area contributed by atoms with Gasteiger partial charge in [-0.05, 0) is 20.9 Å². The van der Waals surface area contributed by atoms with Crippen LogP contribution in [-0.2, 0) is 9.53 Å². The van der Waals surface area contributed by atoms with Crippen LogP contribution in [0, 0.1) is 0 Å². The zero-order valence-corrected chi connectivity index (χ0v) is 11.2. The van der Waals surface area contributed by atoms with Crippen molar-refractivity contribution in [1.82, 2.24) is 15.1 Å². The molecule has 1 saturated heterocycles. The number of hydrogen-bond donors (Lipinski definition) is 1. The normalized spacial score (nSPS) is 19.4. The summed E-state index contributed by atoms with van der Waals surface area (Å²) >= 11 is 0. The van der Waals surface area contributed by atoms with Gasteiger partial charge in [0.1, 0.15) is 0 Å². The quantitative estimate of drug-likeness (QED) is 0.700. The van der Waals surface area contributed by atoms with Gasteiger partial charge in [-0.3, -0.25) is 4.79 Å². The Morgan fingerprint density at radius 1 is 1.35 bits per heavy atom. The molecule has 1 atom stereocenters. The van der Waals surface area contributed by atoms with Gasteiger partial charge >= 0.3 is 0 Å². The second-order valence-electron chi connectivity index (χ2n) is 4.63. The highest BCUT2D eigenvalue weighted by atomic mass is 16.5. The topological polar surface area (TPSA) is 44.8 Å². The monoisotopic (exact) mass is 243 g/mol. The van der Waals surface area contributed by atoms with Gasteiger partial charge in [-0.2, -0.15) is 0 Å². The summed E-state index contributed by atoms with van der Waals surface area (Å²) in [4.78, 5) is 16.1. The summed E-state index contributed by atoms with van der Waals surface area (Å²) in [6, 6.07) is 0.228. The van der Waals surface area contributed by atoms with Crippen LogP contribution >= 0.6 is 0 Å². The summed E-state index contributed by atoms with van der Waals surface area (Å²) in [6.45, 7) is 9.44. The van der Waals surface area contributed by atoms with Crippen molar-refractivity contribution in [2.24, 2.45) is 0 Å². The number of piperazine rings is 1. The Kier molecular flexibility index (Phi) is 6.47. The molecule has 0 radical (unpaired) electrons. The lowest BCUT2D eigenvalue weighted by Gasteiger charge is -2.32. The molecule has 0 spiro atoms. The lowest BCUT2D eigenvalue weighted by molar-refractivity contribution is -0.131. The molecule has 0 aromatic heterocycles. The minimum absolute atomic E-state index is 0.196. The summed E-state index contributed by atoms with van der Waals surface area (Å²) in [5.41, 5.74) is 0. The number of ether oxygens (including phenoxy) is 1. The molecule has 100 valence electrons. The Hall–Kier alpha value is -0.650. The number of amides is 1. The first-order valence-electron chi connectivity index (χ1n) is 6.41. The Morgan fingerprint density at radius 3 is 2.59 bits per heavy atom. The molecule has 1 amide bonds. The lowest BCUT2D eigenvalue weighted by Crippen LogP contribution is -2.50. The van der Waals surface area contributed by atoms with Gasteiger partial charge in [-0.25, -0.2) is 0 Å². The molecule has 1 heterocycles. The highest BCUT2D eigenvalue weighted by molar-refractivity contribution is 5.78. The summed E-state index contributed by atoms with van der Waals surface area (Å²) < 4.78 is 5.29. The average molecular weight is 243 g/mol. The molecule has 1 fully saturated rings. The second kappa shape index (κ2) is 7.63. The van der Waals surface area contributed by atoms with Gasteiger partial charge in [0.25, 0.3) is 0 Å². The Bertz CT molecular complexity index is 228. The molecule has 0 aliphatic carbocycles. The van der Waals surface area contributed by atoms with E-state index in [1.807, 2.05) is 18.7 Å². The molecular weight excluding hydrogens is 218 g/mol. The van der Waals surface area contributed by atoms with Crippen LogP contribution in [0.15, 0.2) is 0 Å². The van der Waals surface area contributed by atoms with E-state index in [2.05, 4.69) is 17.3 Å². The minimum Gasteiger partial charge on any atom is -0.380 e. The molecule has 0 saturated carbocycles. The fourth-order valence-corrected chi connectivity index (χ4v) is 1.78. The molecular formula is C12H25N3O2. The van der Waals surface area contributed by atoms with Crippen molar-refractivity contribution >= 4 is 5.91 Å². The lowest BCUT2D eigenvalue weighted by atomic mass is 10.3. The van der Waals surface area contributed by atoms with E-state index >= 15 is 0 Å². The highest BCUT2D eigenvalue weighted by Gasteiger charge is 2.18. The van der Waals surface area contributed by atoms with Gasteiger partial charge in [0.05, 0.1) is 13.2 Å². The SMILES string of the molecule is CCOCC(C)NCC(=O)N1CCN(C)CC1. The summed E-state index contributed by atoms with van der Waals surface area (Å²) in [6.07, 6.45) is 0. The van der Waals surface area contributed by atoms with Crippen molar-refractivity contribution in [2.45, 2.75) is 19.9 Å². The zero-order chi connectivity index (χ0) is 12.7. The predicted octanol–water partition coefficient (Wildman–Crippen LogP) is -0.225. The third-order valence-corrected chi connectivity index (χ3v) is 3.03. The van der Waals surface area contributed by atoms with E-state index in [9.17, 15) is 4.79 Å². The number of carbonyl (C=O) groups is 1. The fraction of sp³-hybridized carbons (Fsp3) is 0.917. The zero-order valence-electron chi connectivity index (χ0n) is 11.2. The van der Waals surface area contributed by atoms with Crippen molar-refractivity contribution < 1.29 is 9.53 Å². The minimum atomic E-state index is 0.196. The first kappa shape index (κ1) is 14.4. The molecule has 17 heavy (non-hydrogen) atoms. The molecule has 5 nitrogen and oxygen atoms in total. The van der Waals surface area contributed by atoms with Crippen molar-refractivity contribution in [1.29, 1.82) is 0 Å². The summed E-state index contributed by atoms with van der Waals surface area (Å²) in [5, 5.41) is 3.20. The highest BCUT2D eigenvalue weighted by Crippen LogP contribution is 1.99. The smallest absolute Gasteiger partial charge is 0.236 e. The van der Waals surface area contributed by atoms with E-state index in [1.165, 1.54) is 0 Å². The average Bonchev–Trinajstić information content (AvgIpc) is 2.34. The molecule has 0 aromatic carbocycles. The Morgan fingerprint density at radius 2 is 2.00 bits per heavy atom. The van der Waals surface area contributed by atoms with Crippen LogP contribution in [0.1, 0.15) is 13.8 Å². The van der Waals surface area contributed by atoms with Crippen LogP contribution in [0.25, 0.3) is 0 Å². The number of rotatable bonds is 6. The molecule has 1 N–H and O–H groups in total. The van der Waals surface area contributed by atoms with Crippen molar-refractivity contribution in [3.8, 4) is 0 Å². The first-order valence-corrected chi connectivity index (χ1v) is 6.41. The van der Waals surface area contributed by atoms with Gasteiger partial charge in [0, 0.05) is 38.8 Å². The molecule has 1 rings (SSSR count). The van der Waals surface area contributed by atoms with Crippen LogP contribution in [-0.4, -0.2) is 74.7 Å². The maximum Gasteiger partial charge on any atom is 0.236 e. The predicted molar refractivity (Wildman–Crippen MR) is 68.0 cm³/mol. The van der Waals surface area contributed by atoms with Gasteiger partial charge < -0.3 is 19.9 Å². The molecule has 5 heteroatoms. The Labute approximate surface area is 104 Å². The standard InChI is InChI=1S/C12H25N3O2/c1-4-17-10-11(2)13-9-12(16)15-7-5-14(3)6-8-15/h11,13H,4-10H2,1-3H3. The molecule has 1 unspecified atom stereocenters. The van der Waals surface area contributed by atoms with Gasteiger partial charge in [0.15, 0.2) is 0 Å². The summed E-state index contributed by atoms with van der Waals surface area (Å²) in [5.74, 6) is 0.196. The number of carbonyl (C=O) groups excluding carboxylic acids is 1. The maximum absolute atomic E-state index is 11.9. The van der Waals surface area contributed by atoms with Gasteiger partial charge in [-0.1, -0.05) is 0 Å². The van der Waals surface area contributed by atoms with E-state index in [0.29, 0.717) is 13.2 Å². The number of hydrogen-bond acceptors (Lipinski definition) is 4. The largest absolute Gasteiger partial charge is 0.380 e. The first-order chi connectivity index (χ1) is 8.13. The maximum atomic E-state index is 11.9. The van der Waals surface area contributed by atoms with Crippen LogP contribution < -0.4 is 5.32 Å². The number of nitrogens with zero attached hydrogens (tertiary/aromatic N) is 2. The van der Waals surface area contributed by atoms with E-state index in [0.717, 1.165) is 32.8 Å². The molecule has 1 aliphatic rings. The van der Waals surface area contributed by atoms with Gasteiger partial charge in [-0.15, -0.1) is 0 Å². The molecule has 0 bridgehead atoms. The van der Waals surface area contributed by atoms with Crippen LogP contribution in [0.2, 0.25) is 0 Å². The Balaban J connectivity index is 2.16. The van der Waals surface area contributed by atoms with E-state index in [-0.39, 0.29) is 11.9 Å². The number of nitrogens with one attached hydrogen (secondary N) is 1. The summed E-state index contributed by atoms with van der Waals surface area (Å²) in [7, 11) is 2.09. The van der Waals surface area contributed by atoms with E-state index < -0.39 is 0 Å².